The van der Waals surface area contributed by atoms with Gasteiger partial charge in [0.15, 0.2) is 5.65 Å². The maximum Gasteiger partial charge on any atom is 0.175 e. The summed E-state index contributed by atoms with van der Waals surface area (Å²) in [6.07, 6.45) is 6.93. The van der Waals surface area contributed by atoms with Crippen LogP contribution in [0.25, 0.3) is 5.65 Å². The molecule has 4 nitrogen and oxygen atoms in total. The van der Waals surface area contributed by atoms with Gasteiger partial charge in [-0.25, -0.2) is 0 Å². The van der Waals surface area contributed by atoms with Gasteiger partial charge in [0.25, 0.3) is 0 Å². The Kier molecular flexibility index (Phi) is 3.35. The van der Waals surface area contributed by atoms with Crippen LogP contribution in [0.5, 0.6) is 0 Å². The lowest BCUT2D eigenvalue weighted by Gasteiger charge is -2.31. The lowest BCUT2D eigenvalue weighted by molar-refractivity contribution is 0.182. The molecule has 0 aromatic carbocycles. The van der Waals surface area contributed by atoms with Crippen LogP contribution in [-0.4, -0.2) is 39.1 Å². The Balaban J connectivity index is 1.88. The van der Waals surface area contributed by atoms with Gasteiger partial charge in [0.1, 0.15) is 5.82 Å². The van der Waals surface area contributed by atoms with Gasteiger partial charge in [-0.15, -0.1) is 10.2 Å². The van der Waals surface area contributed by atoms with Crippen molar-refractivity contribution in [2.45, 2.75) is 31.7 Å². The fourth-order valence-corrected chi connectivity index (χ4v) is 3.11. The zero-order chi connectivity index (χ0) is 12.5. The predicted octanol–water partition coefficient (Wildman–Crippen LogP) is 2.52. The van der Waals surface area contributed by atoms with E-state index in [9.17, 15) is 0 Å². The maximum absolute atomic E-state index is 4.34. The van der Waals surface area contributed by atoms with E-state index < -0.39 is 0 Å². The number of nitrogens with zero attached hydrogens (tertiary/aromatic N) is 4. The fourth-order valence-electron chi connectivity index (χ4n) is 2.68. The minimum atomic E-state index is 0.602. The first-order valence-corrected chi connectivity index (χ1v) is 7.23. The number of aromatic nitrogens is 3. The van der Waals surface area contributed by atoms with Gasteiger partial charge in [-0.05, 0) is 54.5 Å². The molecule has 0 radical (unpaired) electrons. The van der Waals surface area contributed by atoms with E-state index in [4.69, 9.17) is 0 Å². The van der Waals surface area contributed by atoms with Gasteiger partial charge in [-0.2, -0.15) is 0 Å². The molecule has 0 spiro atoms. The average molecular weight is 309 g/mol. The summed E-state index contributed by atoms with van der Waals surface area (Å²) in [6.45, 7) is 1.20. The quantitative estimate of drug-likeness (QED) is 0.855. The minimum absolute atomic E-state index is 0.602. The van der Waals surface area contributed by atoms with Crippen LogP contribution in [0, 0.1) is 0 Å². The first kappa shape index (κ1) is 12.1. The topological polar surface area (TPSA) is 33.4 Å². The number of fused-ring (bicyclic) bond motifs is 1. The summed E-state index contributed by atoms with van der Waals surface area (Å²) in [6, 6.07) is 4.62. The summed E-state index contributed by atoms with van der Waals surface area (Å²) in [7, 11) is 2.21. The second-order valence-electron chi connectivity index (χ2n) is 5.00. The van der Waals surface area contributed by atoms with Gasteiger partial charge >= 0.3 is 0 Å². The van der Waals surface area contributed by atoms with Crippen LogP contribution in [0.4, 0.5) is 0 Å². The lowest BCUT2D eigenvalue weighted by atomic mass is 10.00. The number of hydrogen-bond acceptors (Lipinski definition) is 3. The van der Waals surface area contributed by atoms with E-state index in [1.807, 2.05) is 18.3 Å². The first-order valence-electron chi connectivity index (χ1n) is 6.44. The third-order valence-corrected chi connectivity index (χ3v) is 4.42. The molecule has 96 valence electrons. The Labute approximate surface area is 115 Å². The predicted molar refractivity (Wildman–Crippen MR) is 74.7 cm³/mol. The van der Waals surface area contributed by atoms with Gasteiger partial charge in [-0.1, -0.05) is 6.42 Å². The molecule has 0 saturated carbocycles. The normalized spacial score (nSPS) is 21.6. The van der Waals surface area contributed by atoms with Gasteiger partial charge in [0.05, 0.1) is 4.47 Å². The van der Waals surface area contributed by atoms with Crippen LogP contribution in [0.3, 0.4) is 0 Å². The monoisotopic (exact) mass is 308 g/mol. The third kappa shape index (κ3) is 2.17. The lowest BCUT2D eigenvalue weighted by Crippen LogP contribution is -2.38. The van der Waals surface area contributed by atoms with Gasteiger partial charge < -0.3 is 4.90 Å². The standard InChI is InChI=1S/C13H17BrN4/c1-17-7-3-2-5-10(17)9-12-15-16-13-11(14)6-4-8-18(12)13/h4,6,8,10H,2-3,5,7,9H2,1H3. The smallest absolute Gasteiger partial charge is 0.175 e. The average Bonchev–Trinajstić information content (AvgIpc) is 2.77. The van der Waals surface area contributed by atoms with Crippen LogP contribution in [0.1, 0.15) is 25.1 Å². The van der Waals surface area contributed by atoms with E-state index >= 15 is 0 Å². The summed E-state index contributed by atoms with van der Waals surface area (Å²) in [4.78, 5) is 2.45. The Morgan fingerprint density at radius 3 is 3.11 bits per heavy atom. The zero-order valence-corrected chi connectivity index (χ0v) is 12.1. The highest BCUT2D eigenvalue weighted by Gasteiger charge is 2.21. The third-order valence-electron chi connectivity index (χ3n) is 3.80. The minimum Gasteiger partial charge on any atom is -0.303 e. The molecule has 5 heteroatoms. The summed E-state index contributed by atoms with van der Waals surface area (Å²) >= 11 is 3.51. The molecule has 0 aliphatic carbocycles. The first-order chi connectivity index (χ1) is 8.75. The van der Waals surface area contributed by atoms with Crippen molar-refractivity contribution in [3.63, 3.8) is 0 Å². The van der Waals surface area contributed by atoms with Crippen molar-refractivity contribution in [2.24, 2.45) is 0 Å². The Morgan fingerprint density at radius 2 is 2.28 bits per heavy atom. The SMILES string of the molecule is CN1CCCCC1Cc1nnc2c(Br)cccn12. The van der Waals surface area contributed by atoms with E-state index in [1.165, 1.54) is 25.8 Å². The Morgan fingerprint density at radius 1 is 1.39 bits per heavy atom. The summed E-state index contributed by atoms with van der Waals surface area (Å²) in [5.74, 6) is 1.06. The zero-order valence-electron chi connectivity index (χ0n) is 10.5. The number of likely N-dealkylation sites (tertiary alicyclic amines) is 1. The highest BCUT2D eigenvalue weighted by atomic mass is 79.9. The number of piperidine rings is 1. The second kappa shape index (κ2) is 4.97. The highest BCUT2D eigenvalue weighted by molar-refractivity contribution is 9.10. The molecular weight excluding hydrogens is 292 g/mol. The van der Waals surface area contributed by atoms with E-state index in [-0.39, 0.29) is 0 Å². The Bertz CT molecular complexity index is 551. The summed E-state index contributed by atoms with van der Waals surface area (Å²) < 4.78 is 3.09. The molecule has 3 rings (SSSR count). The van der Waals surface area contributed by atoms with Gasteiger partial charge in [0, 0.05) is 18.7 Å². The van der Waals surface area contributed by atoms with Crippen molar-refractivity contribution in [2.75, 3.05) is 13.6 Å². The number of halogens is 1. The van der Waals surface area contributed by atoms with Crippen molar-refractivity contribution in [3.8, 4) is 0 Å². The van der Waals surface area contributed by atoms with Crippen molar-refractivity contribution >= 4 is 21.6 Å². The van der Waals surface area contributed by atoms with Gasteiger partial charge in [0.2, 0.25) is 0 Å². The molecule has 1 aliphatic heterocycles. The number of pyridine rings is 1. The van der Waals surface area contributed by atoms with Crippen molar-refractivity contribution in [1.29, 1.82) is 0 Å². The van der Waals surface area contributed by atoms with Crippen LogP contribution in [0.2, 0.25) is 0 Å². The number of likely N-dealkylation sites (N-methyl/N-ethyl adjacent to an activating group) is 1. The van der Waals surface area contributed by atoms with Crippen LogP contribution >= 0.6 is 15.9 Å². The molecule has 2 aromatic rings. The molecule has 1 aliphatic rings. The summed E-state index contributed by atoms with van der Waals surface area (Å²) in [5, 5.41) is 8.60. The van der Waals surface area contributed by atoms with Crippen molar-refractivity contribution in [1.82, 2.24) is 19.5 Å². The highest BCUT2D eigenvalue weighted by Crippen LogP contribution is 2.21. The van der Waals surface area contributed by atoms with E-state index in [0.717, 1.165) is 22.4 Å². The maximum atomic E-state index is 4.34. The molecule has 3 heterocycles. The molecule has 1 atom stereocenters. The van der Waals surface area contributed by atoms with Crippen molar-refractivity contribution < 1.29 is 0 Å². The van der Waals surface area contributed by atoms with Gasteiger partial charge in [-0.3, -0.25) is 4.40 Å². The molecule has 1 fully saturated rings. The van der Waals surface area contributed by atoms with E-state index in [0.29, 0.717) is 6.04 Å². The van der Waals surface area contributed by atoms with Crippen molar-refractivity contribution in [3.05, 3.63) is 28.6 Å². The largest absolute Gasteiger partial charge is 0.303 e. The molecule has 0 amide bonds. The fraction of sp³-hybridized carbons (Fsp3) is 0.538. The summed E-state index contributed by atoms with van der Waals surface area (Å²) in [5.41, 5.74) is 0.908. The molecule has 18 heavy (non-hydrogen) atoms. The molecule has 1 unspecified atom stereocenters. The van der Waals surface area contributed by atoms with E-state index in [2.05, 4.69) is 42.5 Å². The van der Waals surface area contributed by atoms with Crippen LogP contribution in [-0.2, 0) is 6.42 Å². The molecule has 1 saturated heterocycles. The van der Waals surface area contributed by atoms with Crippen LogP contribution in [0.15, 0.2) is 22.8 Å². The molecular formula is C13H17BrN4. The van der Waals surface area contributed by atoms with Crippen LogP contribution < -0.4 is 0 Å². The number of rotatable bonds is 2. The molecule has 0 N–H and O–H groups in total. The van der Waals surface area contributed by atoms with E-state index in [1.54, 1.807) is 0 Å². The number of hydrogen-bond donors (Lipinski definition) is 0. The molecule has 2 aromatic heterocycles. The molecule has 0 bridgehead atoms. The Hall–Kier alpha value is -0.940. The second-order valence-corrected chi connectivity index (χ2v) is 5.85.